The van der Waals surface area contributed by atoms with E-state index < -0.39 is 5.69 Å². The molecule has 0 spiro atoms. The van der Waals surface area contributed by atoms with Gasteiger partial charge in [0, 0.05) is 6.54 Å². The predicted molar refractivity (Wildman–Crippen MR) is 88.9 cm³/mol. The number of para-hydroxylation sites is 1. The van der Waals surface area contributed by atoms with Crippen molar-refractivity contribution in [2.24, 2.45) is 0 Å². The molecule has 2 aromatic heterocycles. The van der Waals surface area contributed by atoms with Crippen LogP contribution in [0.15, 0.2) is 40.2 Å². The quantitative estimate of drug-likeness (QED) is 0.705. The maximum Gasteiger partial charge on any atom is 0.340 e. The Morgan fingerprint density at radius 1 is 1.28 bits per heavy atom. The number of hydrogen-bond donors (Lipinski definition) is 2. The highest BCUT2D eigenvalue weighted by Gasteiger charge is 2.32. The number of carbonyl (C=O) groups excluding carboxylic acids is 1. The second-order valence-electron chi connectivity index (χ2n) is 6.00. The minimum atomic E-state index is -0.399. The van der Waals surface area contributed by atoms with Gasteiger partial charge in [-0.3, -0.25) is 19.1 Å². The molecule has 3 heterocycles. The highest BCUT2D eigenvalue weighted by Crippen LogP contribution is 2.29. The number of H-pyrrole nitrogens is 2. The number of nitrogens with zero attached hydrogens (tertiary/aromatic N) is 4. The van der Waals surface area contributed by atoms with Gasteiger partial charge < -0.3 is 4.90 Å². The SMILES string of the molecule is O=C(Cn1cnc2ccccc2c1=O)N1CCC[C@@H]1c1n[nH]c(=O)[nH]1. The fourth-order valence-electron chi connectivity index (χ4n) is 3.25. The summed E-state index contributed by atoms with van der Waals surface area (Å²) in [5, 5.41) is 6.73. The van der Waals surface area contributed by atoms with Gasteiger partial charge in [0.25, 0.3) is 5.56 Å². The lowest BCUT2D eigenvalue weighted by Crippen LogP contribution is -2.36. The lowest BCUT2D eigenvalue weighted by molar-refractivity contribution is -0.133. The average Bonchev–Trinajstić information content (AvgIpc) is 3.26. The fourth-order valence-corrected chi connectivity index (χ4v) is 3.25. The number of rotatable bonds is 3. The standard InChI is InChI=1S/C16H16N6O3/c23-13(22-7-3-6-12(22)14-18-16(25)20-19-14)8-21-9-17-11-5-2-1-4-10(11)15(21)24/h1-2,4-5,9,12H,3,6-8H2,(H2,18,19,20,25)/t12-/m1/s1. The van der Waals surface area contributed by atoms with Crippen LogP contribution in [0.4, 0.5) is 0 Å². The molecule has 2 N–H and O–H groups in total. The van der Waals surface area contributed by atoms with Gasteiger partial charge in [0.2, 0.25) is 5.91 Å². The van der Waals surface area contributed by atoms with Crippen molar-refractivity contribution in [3.05, 3.63) is 57.3 Å². The summed E-state index contributed by atoms with van der Waals surface area (Å²) < 4.78 is 1.31. The average molecular weight is 340 g/mol. The van der Waals surface area contributed by atoms with Crippen LogP contribution in [-0.2, 0) is 11.3 Å². The number of aromatic nitrogens is 5. The number of amides is 1. The first-order chi connectivity index (χ1) is 12.1. The van der Waals surface area contributed by atoms with E-state index in [-0.39, 0.29) is 24.1 Å². The molecular weight excluding hydrogens is 324 g/mol. The zero-order valence-electron chi connectivity index (χ0n) is 13.3. The molecule has 9 heteroatoms. The normalized spacial score (nSPS) is 17.3. The van der Waals surface area contributed by atoms with Crippen molar-refractivity contribution in [3.8, 4) is 0 Å². The van der Waals surface area contributed by atoms with E-state index in [1.165, 1.54) is 10.9 Å². The third-order valence-corrected chi connectivity index (χ3v) is 4.45. The highest BCUT2D eigenvalue weighted by atomic mass is 16.2. The summed E-state index contributed by atoms with van der Waals surface area (Å²) in [5.41, 5.74) is -0.0449. The number of carbonyl (C=O) groups is 1. The van der Waals surface area contributed by atoms with Crippen molar-refractivity contribution in [2.75, 3.05) is 6.54 Å². The Kier molecular flexibility index (Phi) is 3.68. The van der Waals surface area contributed by atoms with Crippen LogP contribution in [0.2, 0.25) is 0 Å². The fraction of sp³-hybridized carbons (Fsp3) is 0.312. The van der Waals surface area contributed by atoms with Crippen molar-refractivity contribution in [1.82, 2.24) is 29.6 Å². The Morgan fingerprint density at radius 2 is 2.12 bits per heavy atom. The zero-order chi connectivity index (χ0) is 17.4. The van der Waals surface area contributed by atoms with E-state index in [9.17, 15) is 14.4 Å². The van der Waals surface area contributed by atoms with Crippen LogP contribution in [0, 0.1) is 0 Å². The van der Waals surface area contributed by atoms with Crippen LogP contribution >= 0.6 is 0 Å². The molecule has 1 aromatic carbocycles. The van der Waals surface area contributed by atoms with Crippen molar-refractivity contribution < 1.29 is 4.79 Å². The molecule has 0 radical (unpaired) electrons. The molecule has 0 aliphatic carbocycles. The summed E-state index contributed by atoms with van der Waals surface area (Å²) in [6, 6.07) is 6.74. The van der Waals surface area contributed by atoms with E-state index in [2.05, 4.69) is 20.2 Å². The summed E-state index contributed by atoms with van der Waals surface area (Å²) in [7, 11) is 0. The van der Waals surface area contributed by atoms with Crippen LogP contribution in [0.3, 0.4) is 0 Å². The number of benzene rings is 1. The van der Waals surface area contributed by atoms with Gasteiger partial charge in [0.05, 0.1) is 23.3 Å². The van der Waals surface area contributed by atoms with Crippen molar-refractivity contribution in [2.45, 2.75) is 25.4 Å². The summed E-state index contributed by atoms with van der Waals surface area (Å²) in [4.78, 5) is 45.0. The van der Waals surface area contributed by atoms with Crippen LogP contribution in [0.5, 0.6) is 0 Å². The lowest BCUT2D eigenvalue weighted by Gasteiger charge is -2.23. The molecule has 1 saturated heterocycles. The first-order valence-corrected chi connectivity index (χ1v) is 8.02. The second kappa shape index (κ2) is 6.00. The predicted octanol–water partition coefficient (Wildman–Crippen LogP) is 0.172. The monoisotopic (exact) mass is 340 g/mol. The number of nitrogens with one attached hydrogen (secondary N) is 2. The Bertz CT molecular complexity index is 1050. The molecule has 128 valence electrons. The van der Waals surface area contributed by atoms with Gasteiger partial charge in [-0.2, -0.15) is 5.10 Å². The number of fused-ring (bicyclic) bond motifs is 1. The molecule has 0 unspecified atom stereocenters. The van der Waals surface area contributed by atoms with E-state index in [0.29, 0.717) is 23.3 Å². The Balaban J connectivity index is 1.60. The molecule has 25 heavy (non-hydrogen) atoms. The molecular formula is C16H16N6O3. The van der Waals surface area contributed by atoms with Gasteiger partial charge in [-0.15, -0.1) is 0 Å². The van der Waals surface area contributed by atoms with E-state index in [1.54, 1.807) is 23.1 Å². The third-order valence-electron chi connectivity index (χ3n) is 4.45. The maximum absolute atomic E-state index is 12.7. The van der Waals surface area contributed by atoms with E-state index in [4.69, 9.17) is 0 Å². The topological polar surface area (TPSA) is 117 Å². The summed E-state index contributed by atoms with van der Waals surface area (Å²) in [5.74, 6) is 0.241. The Labute approximate surface area is 141 Å². The van der Waals surface area contributed by atoms with Crippen molar-refractivity contribution in [3.63, 3.8) is 0 Å². The minimum Gasteiger partial charge on any atom is -0.331 e. The van der Waals surface area contributed by atoms with Crippen LogP contribution in [0.1, 0.15) is 24.7 Å². The number of hydrogen-bond acceptors (Lipinski definition) is 5. The largest absolute Gasteiger partial charge is 0.340 e. The molecule has 1 amide bonds. The van der Waals surface area contributed by atoms with Crippen LogP contribution in [0.25, 0.3) is 10.9 Å². The molecule has 4 rings (SSSR count). The molecule has 1 atom stereocenters. The van der Waals surface area contributed by atoms with Crippen LogP contribution in [-0.4, -0.2) is 42.1 Å². The second-order valence-corrected chi connectivity index (χ2v) is 6.00. The molecule has 1 aliphatic rings. The van der Waals surface area contributed by atoms with Gasteiger partial charge >= 0.3 is 5.69 Å². The summed E-state index contributed by atoms with van der Waals surface area (Å²) in [6.07, 6.45) is 2.93. The van der Waals surface area contributed by atoms with Crippen LogP contribution < -0.4 is 11.2 Å². The van der Waals surface area contributed by atoms with E-state index in [1.807, 2.05) is 6.07 Å². The highest BCUT2D eigenvalue weighted by molar-refractivity contribution is 5.79. The first kappa shape index (κ1) is 15.3. The lowest BCUT2D eigenvalue weighted by atomic mass is 10.2. The smallest absolute Gasteiger partial charge is 0.331 e. The minimum absolute atomic E-state index is 0.0954. The summed E-state index contributed by atoms with van der Waals surface area (Å²) in [6.45, 7) is 0.468. The maximum atomic E-state index is 12.7. The first-order valence-electron chi connectivity index (χ1n) is 8.02. The number of aromatic amines is 2. The van der Waals surface area contributed by atoms with Gasteiger partial charge in [0.15, 0.2) is 5.82 Å². The molecule has 1 aliphatic heterocycles. The van der Waals surface area contributed by atoms with Gasteiger partial charge in [0.1, 0.15) is 6.54 Å². The number of likely N-dealkylation sites (tertiary alicyclic amines) is 1. The van der Waals surface area contributed by atoms with Gasteiger partial charge in [-0.05, 0) is 25.0 Å². The van der Waals surface area contributed by atoms with Gasteiger partial charge in [-0.1, -0.05) is 12.1 Å². The summed E-state index contributed by atoms with van der Waals surface area (Å²) >= 11 is 0. The van der Waals surface area contributed by atoms with Crippen molar-refractivity contribution in [1.29, 1.82) is 0 Å². The molecule has 3 aromatic rings. The molecule has 0 saturated carbocycles. The van der Waals surface area contributed by atoms with Crippen molar-refractivity contribution >= 4 is 16.8 Å². The molecule has 9 nitrogen and oxygen atoms in total. The van der Waals surface area contributed by atoms with Gasteiger partial charge in [-0.25, -0.2) is 14.9 Å². The third kappa shape index (κ3) is 2.73. The van der Waals surface area contributed by atoms with E-state index >= 15 is 0 Å². The van der Waals surface area contributed by atoms with E-state index in [0.717, 1.165) is 12.8 Å². The Morgan fingerprint density at radius 3 is 2.92 bits per heavy atom. The zero-order valence-corrected chi connectivity index (χ0v) is 13.3. The Hall–Kier alpha value is -3.23. The molecule has 1 fully saturated rings. The molecule has 0 bridgehead atoms.